The number of halogens is 1. The first-order chi connectivity index (χ1) is 9.51. The third-order valence-corrected chi connectivity index (χ3v) is 5.22. The zero-order valence-corrected chi connectivity index (χ0v) is 12.5. The summed E-state index contributed by atoms with van der Waals surface area (Å²) >= 11 is 6.71. The Bertz CT molecular complexity index is 775. The van der Waals surface area contributed by atoms with Crippen LogP contribution in [0.3, 0.4) is 0 Å². The molecule has 0 aliphatic carbocycles. The average molecular weight is 328 g/mol. The van der Waals surface area contributed by atoms with Crippen LogP contribution in [0.2, 0.25) is 4.34 Å². The van der Waals surface area contributed by atoms with Gasteiger partial charge in [-0.3, -0.25) is 4.72 Å². The first kappa shape index (κ1) is 14.8. The fourth-order valence-corrected chi connectivity index (χ4v) is 3.83. The molecule has 8 heteroatoms. The lowest BCUT2D eigenvalue weighted by atomic mass is 10.2. The van der Waals surface area contributed by atoms with Crippen LogP contribution < -0.4 is 10.5 Å². The summed E-state index contributed by atoms with van der Waals surface area (Å²) in [5.74, 6) is 5.69. The highest BCUT2D eigenvalue weighted by molar-refractivity contribution is 7.94. The molecule has 2 rings (SSSR count). The Hall–Kier alpha value is -1.59. The maximum Gasteiger partial charge on any atom is 0.272 e. The molecule has 3 N–H and O–H groups in total. The van der Waals surface area contributed by atoms with E-state index in [1.807, 2.05) is 0 Å². The highest BCUT2D eigenvalue weighted by Crippen LogP contribution is 2.26. The van der Waals surface area contributed by atoms with E-state index in [9.17, 15) is 8.42 Å². The third kappa shape index (κ3) is 3.71. The molecule has 0 spiro atoms. The molecule has 2 aromatic heterocycles. The zero-order valence-electron chi connectivity index (χ0n) is 10.1. The Labute approximate surface area is 125 Å². The normalized spacial score (nSPS) is 10.7. The lowest BCUT2D eigenvalue weighted by molar-refractivity contribution is 0.603. The van der Waals surface area contributed by atoms with E-state index in [0.29, 0.717) is 9.90 Å². The molecule has 2 aromatic rings. The molecule has 0 radical (unpaired) electrons. The van der Waals surface area contributed by atoms with Gasteiger partial charge < -0.3 is 5.73 Å². The first-order valence-electron chi connectivity index (χ1n) is 5.44. The number of hydrogen-bond donors (Lipinski definition) is 2. The zero-order chi connectivity index (χ0) is 14.6. The lowest BCUT2D eigenvalue weighted by Crippen LogP contribution is -2.12. The van der Waals surface area contributed by atoms with Gasteiger partial charge in [0.2, 0.25) is 0 Å². The SMILES string of the molecule is NCC#Cc1ccnc(NS(=O)(=O)c2ccc(Cl)s2)c1. The highest BCUT2D eigenvalue weighted by atomic mass is 35.5. The predicted octanol–water partition coefficient (Wildman–Crippen LogP) is 1.91. The maximum absolute atomic E-state index is 12.1. The quantitative estimate of drug-likeness (QED) is 0.843. The molecule has 0 unspecified atom stereocenters. The minimum atomic E-state index is -3.68. The van der Waals surface area contributed by atoms with Gasteiger partial charge in [0, 0.05) is 11.8 Å². The molecular weight excluding hydrogens is 318 g/mol. The molecule has 0 aromatic carbocycles. The van der Waals surface area contributed by atoms with Crippen molar-refractivity contribution < 1.29 is 8.42 Å². The van der Waals surface area contributed by atoms with Crippen LogP contribution in [0.15, 0.2) is 34.7 Å². The number of anilines is 1. The summed E-state index contributed by atoms with van der Waals surface area (Å²) in [6.45, 7) is 0.233. The van der Waals surface area contributed by atoms with Crippen LogP contribution in [-0.2, 0) is 10.0 Å². The monoisotopic (exact) mass is 327 g/mol. The second-order valence-corrected chi connectivity index (χ2v) is 7.22. The summed E-state index contributed by atoms with van der Waals surface area (Å²) in [5, 5.41) is 0. The fourth-order valence-electron chi connectivity index (χ4n) is 1.35. The standard InChI is InChI=1S/C12H10ClN3O2S2/c13-10-3-4-12(19-10)20(17,18)16-11-8-9(2-1-6-14)5-7-15-11/h3-5,7-8H,6,14H2,(H,15,16). The van der Waals surface area contributed by atoms with Gasteiger partial charge in [-0.1, -0.05) is 23.4 Å². The van der Waals surface area contributed by atoms with Crippen LogP contribution in [0.4, 0.5) is 5.82 Å². The minimum Gasteiger partial charge on any atom is -0.320 e. The number of nitrogens with one attached hydrogen (secondary N) is 1. The van der Waals surface area contributed by atoms with Crippen molar-refractivity contribution in [2.45, 2.75) is 4.21 Å². The van der Waals surface area contributed by atoms with Crippen LogP contribution >= 0.6 is 22.9 Å². The molecule has 0 aliphatic heterocycles. The van der Waals surface area contributed by atoms with Crippen molar-refractivity contribution in [1.82, 2.24) is 4.98 Å². The van der Waals surface area contributed by atoms with Crippen LogP contribution in [-0.4, -0.2) is 19.9 Å². The molecule has 0 saturated heterocycles. The molecule has 0 bridgehead atoms. The topological polar surface area (TPSA) is 85.1 Å². The van der Waals surface area contributed by atoms with Crippen molar-refractivity contribution in [1.29, 1.82) is 0 Å². The van der Waals surface area contributed by atoms with Gasteiger partial charge in [0.25, 0.3) is 10.0 Å². The third-order valence-electron chi connectivity index (χ3n) is 2.15. The van der Waals surface area contributed by atoms with Gasteiger partial charge in [-0.05, 0) is 24.3 Å². The van der Waals surface area contributed by atoms with Gasteiger partial charge >= 0.3 is 0 Å². The van der Waals surface area contributed by atoms with E-state index in [1.54, 1.807) is 6.07 Å². The van der Waals surface area contributed by atoms with Gasteiger partial charge in [-0.2, -0.15) is 0 Å². The van der Waals surface area contributed by atoms with Gasteiger partial charge in [-0.25, -0.2) is 13.4 Å². The summed E-state index contributed by atoms with van der Waals surface area (Å²) in [6.07, 6.45) is 1.47. The Balaban J connectivity index is 2.25. The second kappa shape index (κ2) is 6.24. The van der Waals surface area contributed by atoms with E-state index in [-0.39, 0.29) is 16.6 Å². The summed E-state index contributed by atoms with van der Waals surface area (Å²) in [5.41, 5.74) is 5.91. The number of aromatic nitrogens is 1. The van der Waals surface area contributed by atoms with E-state index in [1.165, 1.54) is 24.4 Å². The number of nitrogens with zero attached hydrogens (tertiary/aromatic N) is 1. The fraction of sp³-hybridized carbons (Fsp3) is 0.0833. The van der Waals surface area contributed by atoms with Crippen LogP contribution in [0.1, 0.15) is 5.56 Å². The van der Waals surface area contributed by atoms with Crippen LogP contribution in [0.25, 0.3) is 0 Å². The van der Waals surface area contributed by atoms with E-state index in [2.05, 4.69) is 21.5 Å². The van der Waals surface area contributed by atoms with Gasteiger partial charge in [0.15, 0.2) is 0 Å². The summed E-state index contributed by atoms with van der Waals surface area (Å²) in [7, 11) is -3.68. The number of nitrogens with two attached hydrogens (primary N) is 1. The van der Waals surface area contributed by atoms with Crippen molar-refractivity contribution >= 4 is 38.8 Å². The number of pyridine rings is 1. The molecular formula is C12H10ClN3O2S2. The molecule has 0 amide bonds. The van der Waals surface area contributed by atoms with E-state index in [4.69, 9.17) is 17.3 Å². The number of sulfonamides is 1. The predicted molar refractivity (Wildman–Crippen MR) is 80.3 cm³/mol. The van der Waals surface area contributed by atoms with Crippen LogP contribution in [0, 0.1) is 11.8 Å². The van der Waals surface area contributed by atoms with Gasteiger partial charge in [0.05, 0.1) is 10.9 Å². The minimum absolute atomic E-state index is 0.128. The summed E-state index contributed by atoms with van der Waals surface area (Å²) in [6, 6.07) is 6.17. The van der Waals surface area contributed by atoms with E-state index >= 15 is 0 Å². The Kier molecular flexibility index (Phi) is 4.62. The molecule has 0 saturated carbocycles. The molecule has 20 heavy (non-hydrogen) atoms. The molecule has 0 atom stereocenters. The molecule has 2 heterocycles. The largest absolute Gasteiger partial charge is 0.320 e. The second-order valence-electron chi connectivity index (χ2n) is 3.60. The van der Waals surface area contributed by atoms with Crippen molar-refractivity contribution in [3.05, 3.63) is 40.4 Å². The van der Waals surface area contributed by atoms with E-state index < -0.39 is 10.0 Å². The summed E-state index contributed by atoms with van der Waals surface area (Å²) in [4.78, 5) is 3.95. The average Bonchev–Trinajstić information content (AvgIpc) is 2.84. The van der Waals surface area contributed by atoms with Crippen molar-refractivity contribution in [3.63, 3.8) is 0 Å². The smallest absolute Gasteiger partial charge is 0.272 e. The molecule has 5 nitrogen and oxygen atoms in total. The van der Waals surface area contributed by atoms with Crippen molar-refractivity contribution in [2.75, 3.05) is 11.3 Å². The molecule has 104 valence electrons. The maximum atomic E-state index is 12.1. The molecule has 0 aliphatic rings. The highest BCUT2D eigenvalue weighted by Gasteiger charge is 2.17. The molecule has 0 fully saturated rings. The van der Waals surface area contributed by atoms with Crippen LogP contribution in [0.5, 0.6) is 0 Å². The van der Waals surface area contributed by atoms with E-state index in [0.717, 1.165) is 11.3 Å². The van der Waals surface area contributed by atoms with Crippen molar-refractivity contribution in [2.24, 2.45) is 5.73 Å². The Morgan fingerprint density at radius 3 is 2.85 bits per heavy atom. The van der Waals surface area contributed by atoms with Crippen molar-refractivity contribution in [3.8, 4) is 11.8 Å². The first-order valence-corrected chi connectivity index (χ1v) is 8.12. The summed E-state index contributed by atoms with van der Waals surface area (Å²) < 4.78 is 27.1. The Morgan fingerprint density at radius 2 is 2.20 bits per heavy atom. The van der Waals surface area contributed by atoms with Gasteiger partial charge in [0.1, 0.15) is 10.0 Å². The Morgan fingerprint density at radius 1 is 1.40 bits per heavy atom. The number of hydrogen-bond acceptors (Lipinski definition) is 5. The number of rotatable bonds is 3. The lowest BCUT2D eigenvalue weighted by Gasteiger charge is -2.05. The number of thiophene rings is 1. The van der Waals surface area contributed by atoms with Gasteiger partial charge in [-0.15, -0.1) is 11.3 Å².